The molecule has 82 valence electrons. The molecule has 14 heavy (non-hydrogen) atoms. The second-order valence-electron chi connectivity index (χ2n) is 4.87. The van der Waals surface area contributed by atoms with Crippen LogP contribution in [-0.4, -0.2) is 23.3 Å². The summed E-state index contributed by atoms with van der Waals surface area (Å²) in [4.78, 5) is 11.2. The number of rotatable bonds is 3. The number of hydrogen-bond acceptors (Lipinski definition) is 3. The fraction of sp³-hybridized carbons (Fsp3) is 0.909. The Kier molecular flexibility index (Phi) is 3.53. The molecular formula is C11H20O3. The van der Waals surface area contributed by atoms with E-state index in [1.807, 2.05) is 13.8 Å². The van der Waals surface area contributed by atoms with Gasteiger partial charge in [0.05, 0.1) is 0 Å². The van der Waals surface area contributed by atoms with Crippen molar-refractivity contribution in [2.24, 2.45) is 17.8 Å². The summed E-state index contributed by atoms with van der Waals surface area (Å²) in [6.45, 7) is 8.22. The minimum atomic E-state index is -0.918. The predicted molar refractivity (Wildman–Crippen MR) is 53.7 cm³/mol. The second kappa shape index (κ2) is 4.30. The molecule has 3 heteroatoms. The van der Waals surface area contributed by atoms with Crippen molar-refractivity contribution in [3.8, 4) is 0 Å². The summed E-state index contributed by atoms with van der Waals surface area (Å²) in [5, 5.41) is 9.64. The molecule has 0 unspecified atom stereocenters. The highest BCUT2D eigenvalue weighted by Gasteiger charge is 2.44. The summed E-state index contributed by atoms with van der Waals surface area (Å²) in [6.07, 6.45) is -0.178. The highest BCUT2D eigenvalue weighted by Crippen LogP contribution is 2.32. The predicted octanol–water partition coefficient (Wildman–Crippen LogP) is 1.59. The third-order valence-corrected chi connectivity index (χ3v) is 2.78. The molecule has 0 radical (unpaired) electrons. The van der Waals surface area contributed by atoms with E-state index >= 15 is 0 Å². The zero-order valence-electron chi connectivity index (χ0n) is 9.36. The lowest BCUT2D eigenvalue weighted by Gasteiger charge is -2.23. The number of ether oxygens (including phenoxy) is 1. The summed E-state index contributed by atoms with van der Waals surface area (Å²) >= 11 is 0. The van der Waals surface area contributed by atoms with E-state index in [4.69, 9.17) is 4.74 Å². The van der Waals surface area contributed by atoms with E-state index in [0.717, 1.165) is 6.42 Å². The first-order valence-electron chi connectivity index (χ1n) is 5.32. The second-order valence-corrected chi connectivity index (χ2v) is 4.87. The molecule has 0 aromatic heterocycles. The molecular weight excluding hydrogens is 180 g/mol. The standard InChI is InChI=1S/C11H20O3/c1-6(2)5-8-9(7(3)4)10(12)11(13)14-8/h6-10,12H,5H2,1-4H3/t8-,9-,10-/m1/s1. The topological polar surface area (TPSA) is 46.5 Å². The van der Waals surface area contributed by atoms with Crippen molar-refractivity contribution in [2.75, 3.05) is 0 Å². The third kappa shape index (κ3) is 2.27. The van der Waals surface area contributed by atoms with Crippen molar-refractivity contribution in [1.82, 2.24) is 0 Å². The molecule has 3 nitrogen and oxygen atoms in total. The number of cyclic esters (lactones) is 1. The van der Waals surface area contributed by atoms with Crippen LogP contribution in [-0.2, 0) is 9.53 Å². The fourth-order valence-corrected chi connectivity index (χ4v) is 2.12. The van der Waals surface area contributed by atoms with Crippen LogP contribution in [0.5, 0.6) is 0 Å². The Balaban J connectivity index is 2.70. The Hall–Kier alpha value is -0.570. The molecule has 0 bridgehead atoms. The number of hydrogen-bond donors (Lipinski definition) is 1. The average Bonchev–Trinajstić information content (AvgIpc) is 2.26. The van der Waals surface area contributed by atoms with Crippen LogP contribution in [0.2, 0.25) is 0 Å². The van der Waals surface area contributed by atoms with Gasteiger partial charge in [0.15, 0.2) is 6.10 Å². The normalized spacial score (nSPS) is 32.8. The summed E-state index contributed by atoms with van der Waals surface area (Å²) in [6, 6.07) is 0. The fourth-order valence-electron chi connectivity index (χ4n) is 2.12. The number of carbonyl (C=O) groups is 1. The molecule has 1 fully saturated rings. The molecule has 0 aromatic rings. The van der Waals surface area contributed by atoms with Crippen LogP contribution in [0.4, 0.5) is 0 Å². The lowest BCUT2D eigenvalue weighted by Crippen LogP contribution is -2.30. The van der Waals surface area contributed by atoms with Crippen molar-refractivity contribution in [3.05, 3.63) is 0 Å². The van der Waals surface area contributed by atoms with Gasteiger partial charge in [0, 0.05) is 5.92 Å². The van der Waals surface area contributed by atoms with Crippen molar-refractivity contribution in [1.29, 1.82) is 0 Å². The van der Waals surface area contributed by atoms with Gasteiger partial charge >= 0.3 is 5.97 Å². The first-order valence-corrected chi connectivity index (χ1v) is 5.32. The van der Waals surface area contributed by atoms with Gasteiger partial charge in [0.2, 0.25) is 0 Å². The molecule has 1 saturated heterocycles. The summed E-state index contributed by atoms with van der Waals surface area (Å²) in [5.74, 6) is 0.277. The molecule has 0 spiro atoms. The number of carbonyl (C=O) groups excluding carboxylic acids is 1. The van der Waals surface area contributed by atoms with Crippen LogP contribution in [0, 0.1) is 17.8 Å². The van der Waals surface area contributed by atoms with Crippen molar-refractivity contribution in [3.63, 3.8) is 0 Å². The molecule has 0 amide bonds. The Morgan fingerprint density at radius 2 is 1.93 bits per heavy atom. The van der Waals surface area contributed by atoms with Crippen LogP contribution in [0.25, 0.3) is 0 Å². The van der Waals surface area contributed by atoms with E-state index in [1.165, 1.54) is 0 Å². The van der Waals surface area contributed by atoms with Crippen molar-refractivity contribution >= 4 is 5.97 Å². The van der Waals surface area contributed by atoms with Gasteiger partial charge in [-0.1, -0.05) is 27.7 Å². The number of aliphatic hydroxyl groups is 1. The Bertz CT molecular complexity index is 211. The SMILES string of the molecule is CC(C)C[C@H]1OC(=O)[C@H](O)[C@@H]1C(C)C. The van der Waals surface area contributed by atoms with Crippen molar-refractivity contribution < 1.29 is 14.6 Å². The van der Waals surface area contributed by atoms with E-state index in [-0.39, 0.29) is 17.9 Å². The molecule has 3 atom stereocenters. The minimum absolute atomic E-state index is 0.0371. The van der Waals surface area contributed by atoms with Crippen LogP contribution in [0.15, 0.2) is 0 Å². The molecule has 0 saturated carbocycles. The largest absolute Gasteiger partial charge is 0.460 e. The van der Waals surface area contributed by atoms with E-state index < -0.39 is 12.1 Å². The molecule has 1 aliphatic rings. The van der Waals surface area contributed by atoms with Gasteiger partial charge in [0.1, 0.15) is 6.10 Å². The first kappa shape index (κ1) is 11.5. The molecule has 0 aromatic carbocycles. The smallest absolute Gasteiger partial charge is 0.335 e. The molecule has 1 heterocycles. The maximum Gasteiger partial charge on any atom is 0.335 e. The van der Waals surface area contributed by atoms with E-state index in [2.05, 4.69) is 13.8 Å². The maximum atomic E-state index is 11.2. The van der Waals surface area contributed by atoms with Crippen LogP contribution in [0.1, 0.15) is 34.1 Å². The first-order chi connectivity index (χ1) is 6.43. The van der Waals surface area contributed by atoms with Crippen LogP contribution >= 0.6 is 0 Å². The maximum absolute atomic E-state index is 11.2. The lowest BCUT2D eigenvalue weighted by molar-refractivity contribution is -0.147. The van der Waals surface area contributed by atoms with Gasteiger partial charge in [-0.25, -0.2) is 4.79 Å². The van der Waals surface area contributed by atoms with Crippen LogP contribution in [0.3, 0.4) is 0 Å². The van der Waals surface area contributed by atoms with E-state index in [1.54, 1.807) is 0 Å². The van der Waals surface area contributed by atoms with Gasteiger partial charge in [-0.15, -0.1) is 0 Å². The Morgan fingerprint density at radius 3 is 2.36 bits per heavy atom. The van der Waals surface area contributed by atoms with Gasteiger partial charge in [-0.2, -0.15) is 0 Å². The summed E-state index contributed by atoms with van der Waals surface area (Å²) in [7, 11) is 0. The van der Waals surface area contributed by atoms with Gasteiger partial charge < -0.3 is 9.84 Å². The summed E-state index contributed by atoms with van der Waals surface area (Å²) in [5.41, 5.74) is 0. The average molecular weight is 200 g/mol. The van der Waals surface area contributed by atoms with Crippen LogP contribution < -0.4 is 0 Å². The number of aliphatic hydroxyl groups excluding tert-OH is 1. The van der Waals surface area contributed by atoms with Gasteiger partial charge in [0.25, 0.3) is 0 Å². The Labute approximate surface area is 85.5 Å². The van der Waals surface area contributed by atoms with Crippen molar-refractivity contribution in [2.45, 2.75) is 46.3 Å². The highest BCUT2D eigenvalue weighted by atomic mass is 16.6. The van der Waals surface area contributed by atoms with Gasteiger partial charge in [-0.3, -0.25) is 0 Å². The van der Waals surface area contributed by atoms with E-state index in [0.29, 0.717) is 5.92 Å². The zero-order valence-corrected chi connectivity index (χ0v) is 9.36. The molecule has 1 N–H and O–H groups in total. The molecule has 1 rings (SSSR count). The minimum Gasteiger partial charge on any atom is -0.460 e. The lowest BCUT2D eigenvalue weighted by atomic mass is 9.84. The summed E-state index contributed by atoms with van der Waals surface area (Å²) < 4.78 is 5.17. The quantitative estimate of drug-likeness (QED) is 0.704. The molecule has 0 aliphatic carbocycles. The molecule has 1 aliphatic heterocycles. The third-order valence-electron chi connectivity index (χ3n) is 2.78. The Morgan fingerprint density at radius 1 is 1.36 bits per heavy atom. The van der Waals surface area contributed by atoms with Gasteiger partial charge in [-0.05, 0) is 18.3 Å². The van der Waals surface area contributed by atoms with E-state index in [9.17, 15) is 9.90 Å². The highest BCUT2D eigenvalue weighted by molar-refractivity contribution is 5.77. The monoisotopic (exact) mass is 200 g/mol. The zero-order chi connectivity index (χ0) is 10.9. The number of esters is 1.